The van der Waals surface area contributed by atoms with E-state index in [0.29, 0.717) is 11.3 Å². The predicted octanol–water partition coefficient (Wildman–Crippen LogP) is 2.69. The number of fused-ring (bicyclic) bond motifs is 1. The third kappa shape index (κ3) is 2.19. The van der Waals surface area contributed by atoms with Crippen molar-refractivity contribution in [1.29, 1.82) is 0 Å². The Balaban J connectivity index is 2.47. The first-order valence-electron chi connectivity index (χ1n) is 6.28. The number of thioether (sulfide) groups is 1. The van der Waals surface area contributed by atoms with E-state index in [1.54, 1.807) is 7.11 Å². The summed E-state index contributed by atoms with van der Waals surface area (Å²) in [6.07, 6.45) is 0.826. The number of aliphatic hydroxyl groups excluding tert-OH is 1. The van der Waals surface area contributed by atoms with Gasteiger partial charge in [-0.15, -0.1) is 11.8 Å². The van der Waals surface area contributed by atoms with Crippen molar-refractivity contribution in [2.24, 2.45) is 0 Å². The van der Waals surface area contributed by atoms with E-state index in [2.05, 4.69) is 31.9 Å². The summed E-state index contributed by atoms with van der Waals surface area (Å²) in [5, 5.41) is 9.61. The van der Waals surface area contributed by atoms with Crippen LogP contribution in [0.25, 0.3) is 0 Å². The van der Waals surface area contributed by atoms with E-state index < -0.39 is 0 Å². The van der Waals surface area contributed by atoms with Gasteiger partial charge >= 0.3 is 0 Å². The van der Waals surface area contributed by atoms with E-state index in [1.807, 2.05) is 17.8 Å². The number of hydrogen-bond acceptors (Lipinski definition) is 4. The lowest BCUT2D eigenvalue weighted by Gasteiger charge is -2.40. The van der Waals surface area contributed by atoms with Crippen molar-refractivity contribution >= 4 is 17.4 Å². The molecule has 2 rings (SSSR count). The fourth-order valence-corrected chi connectivity index (χ4v) is 3.95. The van der Waals surface area contributed by atoms with Crippen molar-refractivity contribution in [3.8, 4) is 5.75 Å². The van der Waals surface area contributed by atoms with Crippen LogP contribution in [-0.4, -0.2) is 37.2 Å². The summed E-state index contributed by atoms with van der Waals surface area (Å²) in [5.41, 5.74) is 2.46. The van der Waals surface area contributed by atoms with E-state index in [4.69, 9.17) is 4.74 Å². The number of anilines is 1. The second kappa shape index (κ2) is 5.41. The number of methoxy groups -OCH3 is 1. The summed E-state index contributed by atoms with van der Waals surface area (Å²) in [4.78, 5) is 3.56. The molecule has 2 unspecified atom stereocenters. The topological polar surface area (TPSA) is 32.7 Å². The number of benzene rings is 1. The van der Waals surface area contributed by atoms with Crippen molar-refractivity contribution in [2.45, 2.75) is 36.5 Å². The lowest BCUT2D eigenvalue weighted by molar-refractivity contribution is 0.282. The number of nitrogens with zero attached hydrogens (tertiary/aromatic N) is 1. The Morgan fingerprint density at radius 2 is 2.17 bits per heavy atom. The number of ether oxygens (including phenoxy) is 1. The molecule has 1 aromatic rings. The van der Waals surface area contributed by atoms with Gasteiger partial charge in [-0.1, -0.05) is 6.07 Å². The van der Waals surface area contributed by atoms with E-state index >= 15 is 0 Å². The lowest BCUT2D eigenvalue weighted by Crippen LogP contribution is -2.41. The van der Waals surface area contributed by atoms with Gasteiger partial charge in [-0.3, -0.25) is 0 Å². The Morgan fingerprint density at radius 1 is 1.44 bits per heavy atom. The zero-order chi connectivity index (χ0) is 13.3. The molecule has 0 saturated carbocycles. The van der Waals surface area contributed by atoms with E-state index in [1.165, 1.54) is 16.1 Å². The smallest absolute Gasteiger partial charge is 0.143 e. The Labute approximate surface area is 113 Å². The molecular weight excluding hydrogens is 246 g/mol. The zero-order valence-corrected chi connectivity index (χ0v) is 12.3. The minimum Gasteiger partial charge on any atom is -0.495 e. The van der Waals surface area contributed by atoms with Crippen LogP contribution in [0.3, 0.4) is 0 Å². The number of rotatable bonds is 3. The van der Waals surface area contributed by atoms with Gasteiger partial charge in [0, 0.05) is 29.8 Å². The van der Waals surface area contributed by atoms with Crippen LogP contribution in [0.1, 0.15) is 18.9 Å². The van der Waals surface area contributed by atoms with Gasteiger partial charge in [0.25, 0.3) is 0 Å². The van der Waals surface area contributed by atoms with Crippen molar-refractivity contribution in [3.05, 3.63) is 17.7 Å². The van der Waals surface area contributed by atoms with Gasteiger partial charge in [-0.05, 0) is 31.9 Å². The third-order valence-electron chi connectivity index (χ3n) is 3.70. The number of hydrogen-bond donors (Lipinski definition) is 1. The van der Waals surface area contributed by atoms with Crippen LogP contribution in [0.4, 0.5) is 5.69 Å². The van der Waals surface area contributed by atoms with E-state index in [-0.39, 0.29) is 6.61 Å². The molecule has 0 fully saturated rings. The fourth-order valence-electron chi connectivity index (χ4n) is 2.43. The highest BCUT2D eigenvalue weighted by Gasteiger charge is 2.32. The maximum atomic E-state index is 9.18. The molecule has 1 N–H and O–H groups in total. The third-order valence-corrected chi connectivity index (χ3v) is 5.38. The summed E-state index contributed by atoms with van der Waals surface area (Å²) < 4.78 is 5.48. The van der Waals surface area contributed by atoms with E-state index in [0.717, 1.165) is 12.2 Å². The van der Waals surface area contributed by atoms with Crippen LogP contribution < -0.4 is 9.64 Å². The van der Waals surface area contributed by atoms with Crippen molar-refractivity contribution < 1.29 is 9.84 Å². The highest BCUT2D eigenvalue weighted by molar-refractivity contribution is 8.00. The molecule has 1 aliphatic rings. The molecule has 4 heteroatoms. The summed E-state index contributed by atoms with van der Waals surface area (Å²) in [6, 6.07) is 4.53. The SMILES string of the molecule is COc1ccc(C)c2c1N(C)C(C)C(CCO)S2. The van der Waals surface area contributed by atoms with Crippen molar-refractivity contribution in [2.75, 3.05) is 25.7 Å². The summed E-state index contributed by atoms with van der Waals surface area (Å²) in [5.74, 6) is 0.930. The minimum absolute atomic E-state index is 0.244. The van der Waals surface area contributed by atoms with Crippen LogP contribution in [0.5, 0.6) is 5.75 Å². The molecule has 0 radical (unpaired) electrons. The van der Waals surface area contributed by atoms with Crippen LogP contribution in [0, 0.1) is 6.92 Å². The second-order valence-electron chi connectivity index (χ2n) is 4.78. The van der Waals surface area contributed by atoms with Crippen molar-refractivity contribution in [1.82, 2.24) is 0 Å². The first-order valence-corrected chi connectivity index (χ1v) is 7.16. The minimum atomic E-state index is 0.244. The summed E-state index contributed by atoms with van der Waals surface area (Å²) >= 11 is 1.87. The molecule has 0 bridgehead atoms. The average molecular weight is 267 g/mol. The maximum absolute atomic E-state index is 9.18. The molecule has 1 aromatic carbocycles. The lowest BCUT2D eigenvalue weighted by atomic mass is 10.1. The summed E-state index contributed by atoms with van der Waals surface area (Å²) in [6.45, 7) is 4.58. The van der Waals surface area contributed by atoms with Crippen LogP contribution >= 0.6 is 11.8 Å². The van der Waals surface area contributed by atoms with Gasteiger partial charge in [0.05, 0.1) is 12.8 Å². The normalized spacial score (nSPS) is 22.8. The van der Waals surface area contributed by atoms with Gasteiger partial charge in [0.15, 0.2) is 0 Å². The molecule has 2 atom stereocenters. The van der Waals surface area contributed by atoms with Crippen LogP contribution in [0.15, 0.2) is 17.0 Å². The molecule has 1 aliphatic heterocycles. The molecule has 1 heterocycles. The zero-order valence-electron chi connectivity index (χ0n) is 11.4. The second-order valence-corrected chi connectivity index (χ2v) is 6.03. The fraction of sp³-hybridized carbons (Fsp3) is 0.571. The molecule has 0 amide bonds. The first kappa shape index (κ1) is 13.6. The van der Waals surface area contributed by atoms with Crippen LogP contribution in [0.2, 0.25) is 0 Å². The Hall–Kier alpha value is -0.870. The van der Waals surface area contributed by atoms with Gasteiger partial charge in [-0.25, -0.2) is 0 Å². The highest BCUT2D eigenvalue weighted by atomic mass is 32.2. The monoisotopic (exact) mass is 267 g/mol. The maximum Gasteiger partial charge on any atom is 0.143 e. The largest absolute Gasteiger partial charge is 0.495 e. The molecule has 100 valence electrons. The predicted molar refractivity (Wildman–Crippen MR) is 76.9 cm³/mol. The van der Waals surface area contributed by atoms with Gasteiger partial charge < -0.3 is 14.7 Å². The number of aryl methyl sites for hydroxylation is 1. The molecule has 3 nitrogen and oxygen atoms in total. The molecule has 0 aliphatic carbocycles. The van der Waals surface area contributed by atoms with Gasteiger partial charge in [-0.2, -0.15) is 0 Å². The first-order chi connectivity index (χ1) is 8.60. The van der Waals surface area contributed by atoms with Gasteiger partial charge in [0.2, 0.25) is 0 Å². The summed E-state index contributed by atoms with van der Waals surface area (Å²) in [7, 11) is 3.82. The average Bonchev–Trinajstić information content (AvgIpc) is 2.37. The van der Waals surface area contributed by atoms with Crippen molar-refractivity contribution in [3.63, 3.8) is 0 Å². The Morgan fingerprint density at radius 3 is 2.78 bits per heavy atom. The molecule has 0 aromatic heterocycles. The van der Waals surface area contributed by atoms with Crippen LogP contribution in [-0.2, 0) is 0 Å². The molecule has 0 saturated heterocycles. The quantitative estimate of drug-likeness (QED) is 0.912. The van der Waals surface area contributed by atoms with E-state index in [9.17, 15) is 5.11 Å². The van der Waals surface area contributed by atoms with Gasteiger partial charge in [0.1, 0.15) is 5.75 Å². The Bertz CT molecular complexity index is 436. The number of aliphatic hydroxyl groups is 1. The standard InChI is InChI=1S/C14H21NO2S/c1-9-5-6-11(17-4)13-14(9)18-12(7-8-16)10(2)15(13)3/h5-6,10,12,16H,7-8H2,1-4H3. The molecule has 18 heavy (non-hydrogen) atoms. The Kier molecular flexibility index (Phi) is 4.07. The molecule has 0 spiro atoms. The highest BCUT2D eigenvalue weighted by Crippen LogP contribution is 2.48. The molecular formula is C14H21NO2S.